The fourth-order valence-electron chi connectivity index (χ4n) is 3.18. The number of rotatable bonds is 6. The lowest BCUT2D eigenvalue weighted by atomic mass is 9.89. The summed E-state index contributed by atoms with van der Waals surface area (Å²) in [6, 6.07) is 14.5. The fraction of sp³-hybridized carbons (Fsp3) is 0.286. The fourth-order valence-corrected chi connectivity index (χ4v) is 3.18. The molecule has 1 atom stereocenters. The van der Waals surface area contributed by atoms with Gasteiger partial charge < -0.3 is 16.0 Å². The van der Waals surface area contributed by atoms with Crippen molar-refractivity contribution in [3.05, 3.63) is 59.7 Å². The molecule has 0 aromatic heterocycles. The molecule has 0 saturated heterocycles. The van der Waals surface area contributed by atoms with Gasteiger partial charge in [0.1, 0.15) is 0 Å². The van der Waals surface area contributed by atoms with Crippen LogP contribution in [0.15, 0.2) is 48.5 Å². The Bertz CT molecular complexity index is 863. The highest BCUT2D eigenvalue weighted by Gasteiger charge is 2.26. The van der Waals surface area contributed by atoms with E-state index >= 15 is 0 Å². The van der Waals surface area contributed by atoms with Crippen molar-refractivity contribution in [2.24, 2.45) is 5.92 Å². The average molecular weight is 365 g/mol. The van der Waals surface area contributed by atoms with Crippen LogP contribution in [0.3, 0.4) is 0 Å². The maximum absolute atomic E-state index is 12.3. The van der Waals surface area contributed by atoms with E-state index in [1.165, 1.54) is 0 Å². The Morgan fingerprint density at radius 1 is 1.15 bits per heavy atom. The van der Waals surface area contributed by atoms with Gasteiger partial charge in [-0.1, -0.05) is 24.3 Å². The van der Waals surface area contributed by atoms with Crippen LogP contribution in [-0.2, 0) is 16.0 Å². The predicted octanol–water partition coefficient (Wildman–Crippen LogP) is 2.97. The van der Waals surface area contributed by atoms with Crippen molar-refractivity contribution in [3.8, 4) is 0 Å². The summed E-state index contributed by atoms with van der Waals surface area (Å²) in [6.07, 6.45) is 1.36. The molecular weight excluding hydrogens is 342 g/mol. The Hall–Kier alpha value is -3.15. The largest absolute Gasteiger partial charge is 0.352 e. The average Bonchev–Trinajstić information content (AvgIpc) is 2.66. The Morgan fingerprint density at radius 3 is 2.78 bits per heavy atom. The monoisotopic (exact) mass is 365 g/mol. The van der Waals surface area contributed by atoms with Crippen molar-refractivity contribution in [2.75, 3.05) is 17.2 Å². The molecule has 140 valence electrons. The van der Waals surface area contributed by atoms with Crippen molar-refractivity contribution in [3.63, 3.8) is 0 Å². The molecule has 1 aliphatic heterocycles. The zero-order valence-corrected chi connectivity index (χ0v) is 15.2. The molecule has 27 heavy (non-hydrogen) atoms. The van der Waals surface area contributed by atoms with Gasteiger partial charge in [0.05, 0.1) is 0 Å². The second-order valence-electron chi connectivity index (χ2n) is 6.57. The summed E-state index contributed by atoms with van der Waals surface area (Å²) < 4.78 is 0. The number of anilines is 2. The SMILES string of the molecule is CCNC(=O)c1cccc(NC(=O)CCC2Cc3ccccc3NC2=O)c1. The molecular formula is C21H23N3O3. The molecule has 0 bridgehead atoms. The molecule has 0 saturated carbocycles. The van der Waals surface area contributed by atoms with E-state index in [9.17, 15) is 14.4 Å². The molecule has 0 aliphatic carbocycles. The first-order chi connectivity index (χ1) is 13.1. The minimum Gasteiger partial charge on any atom is -0.352 e. The number of amides is 3. The number of carbonyl (C=O) groups is 3. The molecule has 1 unspecified atom stereocenters. The summed E-state index contributed by atoms with van der Waals surface area (Å²) in [5.41, 5.74) is 3.02. The van der Waals surface area contributed by atoms with Crippen molar-refractivity contribution in [2.45, 2.75) is 26.2 Å². The number of carbonyl (C=O) groups excluding carboxylic acids is 3. The molecule has 0 spiro atoms. The Labute approximate surface area is 158 Å². The Morgan fingerprint density at radius 2 is 1.96 bits per heavy atom. The van der Waals surface area contributed by atoms with E-state index in [0.29, 0.717) is 30.6 Å². The number of benzene rings is 2. The predicted molar refractivity (Wildman–Crippen MR) is 105 cm³/mol. The lowest BCUT2D eigenvalue weighted by Gasteiger charge is -2.24. The van der Waals surface area contributed by atoms with Gasteiger partial charge in [0, 0.05) is 35.8 Å². The summed E-state index contributed by atoms with van der Waals surface area (Å²) >= 11 is 0. The smallest absolute Gasteiger partial charge is 0.251 e. The van der Waals surface area contributed by atoms with E-state index in [2.05, 4.69) is 16.0 Å². The van der Waals surface area contributed by atoms with E-state index < -0.39 is 0 Å². The van der Waals surface area contributed by atoms with Gasteiger partial charge in [-0.3, -0.25) is 14.4 Å². The first-order valence-electron chi connectivity index (χ1n) is 9.13. The normalized spacial score (nSPS) is 15.4. The first kappa shape index (κ1) is 18.6. The summed E-state index contributed by atoms with van der Waals surface area (Å²) in [6.45, 7) is 2.39. The zero-order valence-electron chi connectivity index (χ0n) is 15.2. The highest BCUT2D eigenvalue weighted by Crippen LogP contribution is 2.27. The molecule has 0 radical (unpaired) electrons. The summed E-state index contributed by atoms with van der Waals surface area (Å²) in [5, 5.41) is 8.43. The maximum atomic E-state index is 12.3. The molecule has 0 fully saturated rings. The van der Waals surface area contributed by atoms with E-state index in [1.54, 1.807) is 24.3 Å². The number of hydrogen-bond donors (Lipinski definition) is 3. The van der Waals surface area contributed by atoms with Gasteiger partial charge in [-0.15, -0.1) is 0 Å². The van der Waals surface area contributed by atoms with Crippen LogP contribution in [0, 0.1) is 5.92 Å². The van der Waals surface area contributed by atoms with E-state index in [1.807, 2.05) is 31.2 Å². The number of fused-ring (bicyclic) bond motifs is 1. The third-order valence-electron chi connectivity index (χ3n) is 4.58. The van der Waals surface area contributed by atoms with Crippen molar-refractivity contribution in [1.82, 2.24) is 5.32 Å². The van der Waals surface area contributed by atoms with Crippen LogP contribution in [0.2, 0.25) is 0 Å². The van der Waals surface area contributed by atoms with Crippen LogP contribution < -0.4 is 16.0 Å². The number of nitrogens with one attached hydrogen (secondary N) is 3. The third kappa shape index (κ3) is 4.73. The lowest BCUT2D eigenvalue weighted by Crippen LogP contribution is -2.30. The second-order valence-corrected chi connectivity index (χ2v) is 6.57. The molecule has 1 heterocycles. The van der Waals surface area contributed by atoms with Gasteiger partial charge in [0.2, 0.25) is 11.8 Å². The third-order valence-corrected chi connectivity index (χ3v) is 4.58. The van der Waals surface area contributed by atoms with E-state index in [-0.39, 0.29) is 30.1 Å². The minimum absolute atomic E-state index is 0.0419. The van der Waals surface area contributed by atoms with Crippen molar-refractivity contribution in [1.29, 1.82) is 0 Å². The number of hydrogen-bond acceptors (Lipinski definition) is 3. The van der Waals surface area contributed by atoms with Crippen LogP contribution in [0.25, 0.3) is 0 Å². The summed E-state index contributed by atoms with van der Waals surface area (Å²) in [5.74, 6) is -0.604. The second kappa shape index (κ2) is 8.49. The van der Waals surface area contributed by atoms with Crippen LogP contribution in [-0.4, -0.2) is 24.3 Å². The Kier molecular flexibility index (Phi) is 5.86. The van der Waals surface area contributed by atoms with Gasteiger partial charge in [0.25, 0.3) is 5.91 Å². The Balaban J connectivity index is 1.55. The van der Waals surface area contributed by atoms with E-state index in [4.69, 9.17) is 0 Å². The van der Waals surface area contributed by atoms with Gasteiger partial charge in [-0.25, -0.2) is 0 Å². The molecule has 3 amide bonds. The van der Waals surface area contributed by atoms with E-state index in [0.717, 1.165) is 11.3 Å². The van der Waals surface area contributed by atoms with Gasteiger partial charge in [-0.2, -0.15) is 0 Å². The molecule has 3 rings (SSSR count). The first-order valence-corrected chi connectivity index (χ1v) is 9.13. The van der Waals surface area contributed by atoms with Crippen molar-refractivity contribution >= 4 is 29.1 Å². The summed E-state index contributed by atoms with van der Waals surface area (Å²) in [4.78, 5) is 36.4. The molecule has 6 nitrogen and oxygen atoms in total. The maximum Gasteiger partial charge on any atom is 0.251 e. The quantitative estimate of drug-likeness (QED) is 0.735. The van der Waals surface area contributed by atoms with Crippen LogP contribution in [0.5, 0.6) is 0 Å². The van der Waals surface area contributed by atoms with Crippen LogP contribution in [0.1, 0.15) is 35.7 Å². The zero-order chi connectivity index (χ0) is 19.2. The number of para-hydroxylation sites is 1. The molecule has 2 aromatic carbocycles. The highest BCUT2D eigenvalue weighted by molar-refractivity contribution is 5.98. The standard InChI is InChI=1S/C21H23N3O3/c1-2-22-20(26)15-7-5-8-17(13-15)23-19(25)11-10-16-12-14-6-3-4-9-18(14)24-21(16)27/h3-9,13,16H,2,10-12H2,1H3,(H,22,26)(H,23,25)(H,24,27). The molecule has 6 heteroatoms. The van der Waals surface area contributed by atoms with Crippen LogP contribution >= 0.6 is 0 Å². The summed E-state index contributed by atoms with van der Waals surface area (Å²) in [7, 11) is 0. The lowest BCUT2D eigenvalue weighted by molar-refractivity contribution is -0.121. The van der Waals surface area contributed by atoms with Crippen molar-refractivity contribution < 1.29 is 14.4 Å². The molecule has 3 N–H and O–H groups in total. The van der Waals surface area contributed by atoms with Crippen LogP contribution in [0.4, 0.5) is 11.4 Å². The van der Waals surface area contributed by atoms with Gasteiger partial charge in [-0.05, 0) is 49.6 Å². The van der Waals surface area contributed by atoms with Gasteiger partial charge >= 0.3 is 0 Å². The minimum atomic E-state index is -0.215. The topological polar surface area (TPSA) is 87.3 Å². The molecule has 1 aliphatic rings. The van der Waals surface area contributed by atoms with Gasteiger partial charge in [0.15, 0.2) is 0 Å². The highest BCUT2D eigenvalue weighted by atomic mass is 16.2. The molecule has 2 aromatic rings.